The molecule has 10 aromatic rings. The van der Waals surface area contributed by atoms with Crippen LogP contribution in [0.4, 0.5) is 11.6 Å². The Morgan fingerprint density at radius 3 is 1.45 bits per heavy atom. The lowest BCUT2D eigenvalue weighted by Gasteiger charge is -2.56. The molecular formula is C64H68N20O. The van der Waals surface area contributed by atoms with Crippen LogP contribution in [0.5, 0.6) is 0 Å². The van der Waals surface area contributed by atoms with Gasteiger partial charge < -0.3 is 15.1 Å². The van der Waals surface area contributed by atoms with Crippen LogP contribution < -0.4 is 15.1 Å². The van der Waals surface area contributed by atoms with E-state index in [1.54, 1.807) is 23.0 Å². The first-order valence-electron chi connectivity index (χ1n) is 29.7. The fourth-order valence-electron chi connectivity index (χ4n) is 12.0. The molecule has 6 saturated heterocycles. The van der Waals surface area contributed by atoms with E-state index in [1.165, 1.54) is 49.8 Å². The zero-order valence-corrected chi connectivity index (χ0v) is 48.3. The molecule has 4 atom stereocenters. The van der Waals surface area contributed by atoms with Crippen LogP contribution in [-0.2, 0) is 19.4 Å². The first-order chi connectivity index (χ1) is 41.5. The molecule has 10 aromatic heterocycles. The van der Waals surface area contributed by atoms with Gasteiger partial charge >= 0.3 is 0 Å². The molecule has 0 radical (unpaired) electrons. The van der Waals surface area contributed by atoms with E-state index in [0.717, 1.165) is 130 Å². The molecule has 18 rings (SSSR count). The van der Waals surface area contributed by atoms with Gasteiger partial charge in [0, 0.05) is 158 Å². The summed E-state index contributed by atoms with van der Waals surface area (Å²) in [5.74, 6) is 6.42. The topological polar surface area (TPSA) is 235 Å². The van der Waals surface area contributed by atoms with Crippen molar-refractivity contribution in [1.29, 1.82) is 0 Å². The van der Waals surface area contributed by atoms with Crippen molar-refractivity contribution in [3.63, 3.8) is 0 Å². The van der Waals surface area contributed by atoms with Crippen molar-refractivity contribution in [2.24, 2.45) is 0 Å². The summed E-state index contributed by atoms with van der Waals surface area (Å²) in [6, 6.07) is 30.8. The van der Waals surface area contributed by atoms with E-state index >= 15 is 0 Å². The van der Waals surface area contributed by atoms with Crippen molar-refractivity contribution in [2.75, 3.05) is 36.0 Å². The number of piperazine rings is 2. The van der Waals surface area contributed by atoms with Gasteiger partial charge in [0.25, 0.3) is 0 Å². The molecule has 3 N–H and O–H groups in total. The summed E-state index contributed by atoms with van der Waals surface area (Å²) >= 11 is 0. The van der Waals surface area contributed by atoms with Crippen molar-refractivity contribution in [3.8, 4) is 34.4 Å². The Bertz CT molecular complexity index is 3930. The van der Waals surface area contributed by atoms with Gasteiger partial charge in [-0.15, -0.1) is 0 Å². The van der Waals surface area contributed by atoms with Gasteiger partial charge in [0.2, 0.25) is 0 Å². The molecule has 85 heavy (non-hydrogen) atoms. The van der Waals surface area contributed by atoms with Crippen LogP contribution in [0, 0.1) is 27.7 Å². The summed E-state index contributed by atoms with van der Waals surface area (Å²) in [5, 5.41) is 27.4. The highest BCUT2D eigenvalue weighted by Gasteiger charge is 2.45. The third-order valence-electron chi connectivity index (χ3n) is 16.7. The highest BCUT2D eigenvalue weighted by atomic mass is 16.1. The number of nitrogens with one attached hydrogen (secondary N) is 3. The Morgan fingerprint density at radius 1 is 0.518 bits per heavy atom. The van der Waals surface area contributed by atoms with Gasteiger partial charge in [-0.1, -0.05) is 6.07 Å². The molecule has 4 bridgehead atoms. The molecule has 6 aliphatic heterocycles. The van der Waals surface area contributed by atoms with Gasteiger partial charge in [-0.2, -0.15) is 20.4 Å². The minimum Gasteiger partial charge on any atom is -0.353 e. The van der Waals surface area contributed by atoms with Crippen LogP contribution in [0.2, 0.25) is 0 Å². The SMILES string of the molecule is Cc1cc(Cc2cc(C)[nH]n2)nc(-c2ccc(N3CC4CC(C3)N4)nc2)n1.Cc1cc(Cc2cc(C)[nH]n2)nc(-c2ccc(N3CC4CC(C3)N4Cc3ccc(-n4ccc(C5CC5)n4)nc3)nc2)n1.O=Cc1ccc(-n2ccc(C3CC3)n2)nc1. The van der Waals surface area contributed by atoms with E-state index in [1.807, 2.05) is 87.6 Å². The number of fused-ring (bicyclic) bond motifs is 4. The third-order valence-corrected chi connectivity index (χ3v) is 16.7. The minimum atomic E-state index is 0.533. The van der Waals surface area contributed by atoms with Crippen LogP contribution in [0.15, 0.2) is 122 Å². The maximum atomic E-state index is 10.5. The lowest BCUT2D eigenvalue weighted by Crippen LogP contribution is -2.68. The predicted molar refractivity (Wildman–Crippen MR) is 322 cm³/mol. The van der Waals surface area contributed by atoms with Crippen molar-refractivity contribution in [1.82, 2.24) is 90.0 Å². The van der Waals surface area contributed by atoms with E-state index in [2.05, 4.69) is 114 Å². The van der Waals surface area contributed by atoms with E-state index in [-0.39, 0.29) is 0 Å². The number of aldehydes is 1. The summed E-state index contributed by atoms with van der Waals surface area (Å²) < 4.78 is 3.65. The molecule has 0 amide bonds. The molecule has 2 saturated carbocycles. The van der Waals surface area contributed by atoms with E-state index in [4.69, 9.17) is 25.0 Å². The number of anilines is 2. The van der Waals surface area contributed by atoms with E-state index < -0.39 is 0 Å². The second-order valence-corrected chi connectivity index (χ2v) is 23.7. The molecule has 2 aliphatic carbocycles. The summed E-state index contributed by atoms with van der Waals surface area (Å²) in [4.78, 5) is 55.2. The second kappa shape index (κ2) is 23.1. The van der Waals surface area contributed by atoms with Gasteiger partial charge in [0.05, 0.1) is 34.2 Å². The lowest BCUT2D eigenvalue weighted by atomic mass is 9.87. The molecule has 8 aliphatic rings. The average Bonchev–Trinajstić information content (AvgIpc) is 4.40. The normalized spacial score (nSPS) is 19.5. The van der Waals surface area contributed by atoms with Gasteiger partial charge in [-0.3, -0.25) is 19.9 Å². The molecule has 8 fully saturated rings. The quantitative estimate of drug-likeness (QED) is 0.0818. The van der Waals surface area contributed by atoms with Crippen LogP contribution >= 0.6 is 0 Å². The number of hydrogen-bond acceptors (Lipinski definition) is 17. The highest BCUT2D eigenvalue weighted by molar-refractivity contribution is 5.74. The maximum absolute atomic E-state index is 10.5. The van der Waals surface area contributed by atoms with Crippen molar-refractivity contribution in [2.45, 2.75) is 122 Å². The number of hydrogen-bond donors (Lipinski definition) is 3. The molecular weight excluding hydrogens is 1060 g/mol. The van der Waals surface area contributed by atoms with Crippen LogP contribution in [-0.4, -0.2) is 141 Å². The lowest BCUT2D eigenvalue weighted by molar-refractivity contribution is -0.00875. The van der Waals surface area contributed by atoms with Crippen molar-refractivity contribution < 1.29 is 4.79 Å². The van der Waals surface area contributed by atoms with Crippen molar-refractivity contribution in [3.05, 3.63) is 190 Å². The van der Waals surface area contributed by atoms with E-state index in [0.29, 0.717) is 60.2 Å². The Kier molecular flexibility index (Phi) is 14.6. The Hall–Kier alpha value is -9.21. The zero-order valence-electron chi connectivity index (χ0n) is 48.3. The molecule has 16 heterocycles. The summed E-state index contributed by atoms with van der Waals surface area (Å²) in [7, 11) is 0. The van der Waals surface area contributed by atoms with Crippen LogP contribution in [0.25, 0.3) is 34.4 Å². The zero-order chi connectivity index (χ0) is 57.5. The maximum Gasteiger partial charge on any atom is 0.161 e. The summed E-state index contributed by atoms with van der Waals surface area (Å²) in [6.45, 7) is 13.0. The number of piperidine rings is 2. The largest absolute Gasteiger partial charge is 0.353 e. The summed E-state index contributed by atoms with van der Waals surface area (Å²) in [6.07, 6.45) is 21.0. The smallest absolute Gasteiger partial charge is 0.161 e. The van der Waals surface area contributed by atoms with Crippen molar-refractivity contribution >= 4 is 17.9 Å². The highest BCUT2D eigenvalue weighted by Crippen LogP contribution is 2.40. The molecule has 0 aromatic carbocycles. The molecule has 0 spiro atoms. The number of nitrogens with zero attached hydrogens (tertiary/aromatic N) is 17. The minimum absolute atomic E-state index is 0.533. The van der Waals surface area contributed by atoms with Gasteiger partial charge in [-0.25, -0.2) is 49.2 Å². The number of rotatable bonds is 15. The number of aryl methyl sites for hydroxylation is 4. The number of H-pyrrole nitrogens is 2. The Balaban J connectivity index is 0.000000126. The number of carbonyl (C=O) groups excluding carboxylic acids is 1. The fraction of sp³-hybridized carbons (Fsp3) is 0.359. The van der Waals surface area contributed by atoms with Gasteiger partial charge in [0.1, 0.15) is 11.6 Å². The molecule has 4 unspecified atom stereocenters. The van der Waals surface area contributed by atoms with E-state index in [9.17, 15) is 4.79 Å². The predicted octanol–water partition coefficient (Wildman–Crippen LogP) is 8.37. The fourth-order valence-corrected chi connectivity index (χ4v) is 12.0. The Morgan fingerprint density at radius 2 is 1.01 bits per heavy atom. The molecule has 430 valence electrons. The summed E-state index contributed by atoms with van der Waals surface area (Å²) in [5.41, 5.74) is 13.9. The first-order valence-corrected chi connectivity index (χ1v) is 29.7. The Labute approximate surface area is 492 Å². The van der Waals surface area contributed by atoms with Gasteiger partial charge in [-0.05, 0) is 151 Å². The second-order valence-electron chi connectivity index (χ2n) is 23.7. The number of pyridine rings is 4. The number of aromatic amines is 2. The van der Waals surface area contributed by atoms with Crippen LogP contribution in [0.1, 0.15) is 123 Å². The average molecular weight is 1130 g/mol. The molecule has 21 heteroatoms. The third kappa shape index (κ3) is 12.4. The standard InChI is InChI=1S/C32H34N10.C20H23N7.C12H11N3O/c1-20-11-25(13-26-12-21(2)37-38-26)36-32(35-20)24-6-8-30(34-16-24)40-18-27-14-28(19-40)41(27)17-22-3-7-31(33-15-22)42-10-9-29(39-42)23-4-5-23;1-12-5-15(7-16-6-13(2)25-26-16)24-20(22-12)14-3-4-19(21-9-14)27-10-17-8-18(11-27)23-17;16-8-9-1-4-12(13-7-9)15-6-5-11(14-15)10-2-3-10/h3,6-12,15-16,23,27-28H,4-5,13-14,17-19H2,1-2H3,(H,37,38);3-6,9,17-18,23H,7-8,10-11H2,1-2H3,(H,25,26);1,4-8,10H,2-3H2. The molecule has 21 nitrogen and oxygen atoms in total. The monoisotopic (exact) mass is 1130 g/mol. The van der Waals surface area contributed by atoms with Crippen LogP contribution in [0.3, 0.4) is 0 Å². The number of aromatic nitrogens is 16. The van der Waals surface area contributed by atoms with Gasteiger partial charge in [0.15, 0.2) is 29.6 Å². The number of carbonyl (C=O) groups is 1. The first kappa shape index (κ1) is 53.8.